The van der Waals surface area contributed by atoms with Crippen LogP contribution in [0.2, 0.25) is 0 Å². The maximum absolute atomic E-state index is 4.97. The van der Waals surface area contributed by atoms with Crippen LogP contribution in [0.15, 0.2) is 54.6 Å². The number of ether oxygens (including phenoxy) is 1. The van der Waals surface area contributed by atoms with E-state index in [1.165, 1.54) is 22.2 Å². The zero-order chi connectivity index (χ0) is 14.5. The van der Waals surface area contributed by atoms with Crippen molar-refractivity contribution in [2.24, 2.45) is 7.05 Å². The molecule has 0 saturated heterocycles. The quantitative estimate of drug-likeness (QED) is 0.507. The van der Waals surface area contributed by atoms with Crippen LogP contribution in [0.4, 0.5) is 0 Å². The van der Waals surface area contributed by atoms with Gasteiger partial charge in [-0.3, -0.25) is 0 Å². The van der Waals surface area contributed by atoms with Crippen LogP contribution >= 0.6 is 0 Å². The predicted octanol–water partition coefficient (Wildman–Crippen LogP) is 6.40. The van der Waals surface area contributed by atoms with Gasteiger partial charge in [-0.25, -0.2) is 0 Å². The van der Waals surface area contributed by atoms with Crippen LogP contribution in [-0.4, -0.2) is 11.7 Å². The molecule has 2 heteroatoms. The van der Waals surface area contributed by atoms with Crippen molar-refractivity contribution in [3.63, 3.8) is 0 Å². The number of rotatable bonds is 1. The molecule has 1 aromatic heterocycles. The van der Waals surface area contributed by atoms with Gasteiger partial charge in [0.25, 0.3) is 0 Å². The van der Waals surface area contributed by atoms with E-state index in [4.69, 9.17) is 4.74 Å². The van der Waals surface area contributed by atoms with Crippen molar-refractivity contribution in [3.05, 3.63) is 65.9 Å². The summed E-state index contributed by atoms with van der Waals surface area (Å²) in [6.45, 7) is 4.18. The summed E-state index contributed by atoms with van der Waals surface area (Å²) in [6, 6.07) is 18.6. The fourth-order valence-corrected chi connectivity index (χ4v) is 2.10. The first kappa shape index (κ1) is 23.1. The van der Waals surface area contributed by atoms with E-state index in [1.807, 2.05) is 24.3 Å². The second-order valence-electron chi connectivity index (χ2n) is 4.92. The first-order chi connectivity index (χ1) is 9.61. The van der Waals surface area contributed by atoms with E-state index in [0.717, 1.165) is 5.75 Å². The highest BCUT2D eigenvalue weighted by Crippen LogP contribution is 2.16. The minimum absolute atomic E-state index is 0. The van der Waals surface area contributed by atoms with E-state index in [-0.39, 0.29) is 22.3 Å². The average Bonchev–Trinajstić information content (AvgIpc) is 2.76. The van der Waals surface area contributed by atoms with Gasteiger partial charge in [0, 0.05) is 18.3 Å². The Morgan fingerprint density at radius 3 is 1.91 bits per heavy atom. The van der Waals surface area contributed by atoms with Crippen LogP contribution in [0.1, 0.15) is 33.5 Å². The lowest BCUT2D eigenvalue weighted by Crippen LogP contribution is -1.88. The summed E-state index contributed by atoms with van der Waals surface area (Å²) < 4.78 is 7.17. The Balaban J connectivity index is 0. The molecule has 0 fully saturated rings. The molecule has 2 nitrogen and oxygen atoms in total. The van der Waals surface area contributed by atoms with Crippen molar-refractivity contribution in [2.45, 2.75) is 36.1 Å². The maximum Gasteiger partial charge on any atom is 0.118 e. The molecule has 0 bridgehead atoms. The molecule has 3 rings (SSSR count). The monoisotopic (exact) mass is 315 g/mol. The Bertz CT molecular complexity index is 681. The lowest BCUT2D eigenvalue weighted by Gasteiger charge is -1.97. The maximum atomic E-state index is 4.97. The fraction of sp³-hybridized carbons (Fsp3) is 0.333. The smallest absolute Gasteiger partial charge is 0.118 e. The number of para-hydroxylation sites is 1. The highest BCUT2D eigenvalue weighted by molar-refractivity contribution is 5.80. The molecule has 0 aliphatic carbocycles. The van der Waals surface area contributed by atoms with Crippen LogP contribution in [0.3, 0.4) is 0 Å². The molecule has 0 unspecified atom stereocenters. The van der Waals surface area contributed by atoms with Gasteiger partial charge in [0.15, 0.2) is 0 Å². The molecule has 0 N–H and O–H groups in total. The molecule has 0 spiro atoms. The van der Waals surface area contributed by atoms with E-state index in [0.29, 0.717) is 0 Å². The first-order valence-electron chi connectivity index (χ1n) is 6.73. The predicted molar refractivity (Wildman–Crippen MR) is 106 cm³/mol. The molecular weight excluding hydrogens is 282 g/mol. The van der Waals surface area contributed by atoms with Crippen molar-refractivity contribution in [2.75, 3.05) is 7.11 Å². The minimum atomic E-state index is 0. The van der Waals surface area contributed by atoms with Crippen molar-refractivity contribution < 1.29 is 4.74 Å². The zero-order valence-electron chi connectivity index (χ0n) is 12.6. The number of fused-ring (bicyclic) bond motifs is 1. The third kappa shape index (κ3) is 5.82. The Hall–Kier alpha value is -2.22. The van der Waals surface area contributed by atoms with Crippen molar-refractivity contribution >= 4 is 10.9 Å². The third-order valence-electron chi connectivity index (χ3n) is 3.45. The van der Waals surface area contributed by atoms with Gasteiger partial charge in [-0.05, 0) is 43.5 Å². The van der Waals surface area contributed by atoms with Crippen molar-refractivity contribution in [1.82, 2.24) is 4.57 Å². The van der Waals surface area contributed by atoms with E-state index in [9.17, 15) is 0 Å². The molecule has 3 aromatic rings. The fourth-order valence-electron chi connectivity index (χ4n) is 2.10. The van der Waals surface area contributed by atoms with Gasteiger partial charge < -0.3 is 9.30 Å². The first-order valence-corrected chi connectivity index (χ1v) is 6.73. The highest BCUT2D eigenvalue weighted by Gasteiger charge is 1.98. The molecule has 2 aromatic carbocycles. The lowest BCUT2D eigenvalue weighted by molar-refractivity contribution is 0.414. The van der Waals surface area contributed by atoms with E-state index >= 15 is 0 Å². The summed E-state index contributed by atoms with van der Waals surface area (Å²) in [6.07, 6.45) is 0. The van der Waals surface area contributed by atoms with Crippen molar-refractivity contribution in [3.8, 4) is 5.75 Å². The summed E-state index contributed by atoms with van der Waals surface area (Å²) in [5.41, 5.74) is 3.88. The van der Waals surface area contributed by atoms with E-state index in [2.05, 4.69) is 55.8 Å². The molecule has 0 amide bonds. The molecular formula is C21H33NO. The summed E-state index contributed by atoms with van der Waals surface area (Å²) in [7, 11) is 3.77. The van der Waals surface area contributed by atoms with Gasteiger partial charge in [-0.15, -0.1) is 0 Å². The molecule has 0 radical (unpaired) electrons. The molecule has 0 atom stereocenters. The average molecular weight is 316 g/mol. The van der Waals surface area contributed by atoms with Gasteiger partial charge in [-0.1, -0.05) is 58.2 Å². The molecule has 1 heterocycles. The van der Waals surface area contributed by atoms with Gasteiger partial charge in [0.2, 0.25) is 0 Å². The number of aromatic nitrogens is 1. The number of aryl methyl sites for hydroxylation is 3. The summed E-state index contributed by atoms with van der Waals surface area (Å²) in [5, 5.41) is 1.33. The highest BCUT2D eigenvalue weighted by atomic mass is 16.5. The lowest BCUT2D eigenvalue weighted by atomic mass is 10.2. The minimum Gasteiger partial charge on any atom is -0.497 e. The largest absolute Gasteiger partial charge is 0.497 e. The summed E-state index contributed by atoms with van der Waals surface area (Å²) >= 11 is 0. The second-order valence-corrected chi connectivity index (χ2v) is 4.92. The van der Waals surface area contributed by atoms with Crippen LogP contribution in [0.5, 0.6) is 5.75 Å². The Labute approximate surface area is 142 Å². The van der Waals surface area contributed by atoms with Crippen LogP contribution < -0.4 is 4.74 Å². The van der Waals surface area contributed by atoms with Crippen LogP contribution in [-0.2, 0) is 7.05 Å². The van der Waals surface area contributed by atoms with E-state index < -0.39 is 0 Å². The van der Waals surface area contributed by atoms with Gasteiger partial charge in [0.1, 0.15) is 5.75 Å². The van der Waals surface area contributed by atoms with Crippen LogP contribution in [0.25, 0.3) is 10.9 Å². The van der Waals surface area contributed by atoms with Gasteiger partial charge >= 0.3 is 0 Å². The van der Waals surface area contributed by atoms with Crippen LogP contribution in [0, 0.1) is 13.8 Å². The Morgan fingerprint density at radius 2 is 1.39 bits per heavy atom. The Kier molecular flexibility index (Phi) is 10.5. The summed E-state index contributed by atoms with van der Waals surface area (Å²) in [5.74, 6) is 0.917. The van der Waals surface area contributed by atoms with E-state index in [1.54, 1.807) is 7.11 Å². The molecule has 0 aliphatic heterocycles. The molecule has 23 heavy (non-hydrogen) atoms. The third-order valence-corrected chi connectivity index (χ3v) is 3.45. The SMILES string of the molecule is C.C.C.COc1ccc(C)cc1.Cc1cc2ccccc2n1C. The molecule has 0 saturated carbocycles. The number of nitrogens with zero attached hydrogens (tertiary/aromatic N) is 1. The topological polar surface area (TPSA) is 14.2 Å². The second kappa shape index (κ2) is 10.5. The number of hydrogen-bond acceptors (Lipinski definition) is 1. The molecule has 0 aliphatic rings. The van der Waals surface area contributed by atoms with Gasteiger partial charge in [-0.2, -0.15) is 0 Å². The molecule has 128 valence electrons. The Morgan fingerprint density at radius 1 is 0.826 bits per heavy atom. The standard InChI is InChI=1S/C10H11N.C8H10O.3CH4/c1-8-7-9-5-3-4-6-10(9)11(8)2;1-7-3-5-8(9-2)6-4-7;;;/h3-7H,1-2H3;3-6H,1-2H3;3*1H4. The number of methoxy groups -OCH3 is 1. The van der Waals surface area contributed by atoms with Gasteiger partial charge in [0.05, 0.1) is 7.11 Å². The number of benzene rings is 2. The zero-order valence-corrected chi connectivity index (χ0v) is 12.6. The normalized spacial score (nSPS) is 8.70. The number of hydrogen-bond donors (Lipinski definition) is 0. The van der Waals surface area contributed by atoms with Crippen molar-refractivity contribution in [1.29, 1.82) is 0 Å². The summed E-state index contributed by atoms with van der Waals surface area (Å²) in [4.78, 5) is 0.